The average molecular weight is 327 g/mol. The molecule has 1 saturated heterocycles. The molecule has 1 aliphatic rings. The van der Waals surface area contributed by atoms with Crippen molar-refractivity contribution in [2.24, 2.45) is 0 Å². The van der Waals surface area contributed by atoms with Crippen molar-refractivity contribution < 1.29 is 4.79 Å². The smallest absolute Gasteiger partial charge is 0.223 e. The maximum atomic E-state index is 12.4. The average Bonchev–Trinajstić information content (AvgIpc) is 3.14. The van der Waals surface area contributed by atoms with Gasteiger partial charge in [-0.25, -0.2) is 4.98 Å². The minimum Gasteiger partial charge on any atom is -0.345 e. The Balaban J connectivity index is 1.48. The van der Waals surface area contributed by atoms with Gasteiger partial charge < -0.3 is 9.80 Å². The fraction of sp³-hybridized carbons (Fsp3) is 0.333. The summed E-state index contributed by atoms with van der Waals surface area (Å²) in [7, 11) is 0. The monoisotopic (exact) mass is 327 g/mol. The number of thiazole rings is 1. The van der Waals surface area contributed by atoms with Crippen LogP contribution < -0.4 is 4.90 Å². The van der Waals surface area contributed by atoms with E-state index in [1.807, 2.05) is 34.7 Å². The van der Waals surface area contributed by atoms with Gasteiger partial charge in [-0.3, -0.25) is 4.79 Å². The van der Waals surface area contributed by atoms with E-state index >= 15 is 0 Å². The van der Waals surface area contributed by atoms with Gasteiger partial charge in [0.25, 0.3) is 0 Å². The van der Waals surface area contributed by atoms with Gasteiger partial charge in [-0.2, -0.15) is 0 Å². The summed E-state index contributed by atoms with van der Waals surface area (Å²) in [6.07, 6.45) is 5.02. The number of rotatable bonds is 5. The summed E-state index contributed by atoms with van der Waals surface area (Å²) in [6.45, 7) is 7.08. The first-order valence-corrected chi connectivity index (χ1v) is 8.78. The molecule has 0 bridgehead atoms. The minimum absolute atomic E-state index is 0.243. The Morgan fingerprint density at radius 1 is 1.30 bits per heavy atom. The molecular formula is C18H21N3OS. The molecule has 3 rings (SSSR count). The van der Waals surface area contributed by atoms with Crippen LogP contribution in [0.2, 0.25) is 0 Å². The fourth-order valence-electron chi connectivity index (χ4n) is 2.80. The number of carbonyl (C=O) groups is 1. The summed E-state index contributed by atoms with van der Waals surface area (Å²) >= 11 is 1.65. The van der Waals surface area contributed by atoms with E-state index in [4.69, 9.17) is 0 Å². The van der Waals surface area contributed by atoms with Gasteiger partial charge in [0.15, 0.2) is 5.13 Å². The number of aromatic nitrogens is 1. The van der Waals surface area contributed by atoms with Crippen LogP contribution in [0.1, 0.15) is 17.5 Å². The van der Waals surface area contributed by atoms with Gasteiger partial charge in [0.1, 0.15) is 0 Å². The number of piperazine rings is 1. The molecule has 2 heterocycles. The summed E-state index contributed by atoms with van der Waals surface area (Å²) in [5, 5.41) is 3.04. The summed E-state index contributed by atoms with van der Waals surface area (Å²) in [5.74, 6) is 0.243. The quantitative estimate of drug-likeness (QED) is 0.847. The van der Waals surface area contributed by atoms with Crippen molar-refractivity contribution in [1.29, 1.82) is 0 Å². The molecule has 1 aromatic carbocycles. The Labute approximate surface area is 141 Å². The SMILES string of the molecule is C=Cc1cccc(CCC(=O)N2CCN(c3nccs3)CC2)c1. The van der Waals surface area contributed by atoms with Gasteiger partial charge in [0.05, 0.1) is 0 Å². The largest absolute Gasteiger partial charge is 0.345 e. The van der Waals surface area contributed by atoms with E-state index in [1.165, 1.54) is 5.56 Å². The highest BCUT2D eigenvalue weighted by Gasteiger charge is 2.21. The van der Waals surface area contributed by atoms with Gasteiger partial charge in [-0.15, -0.1) is 11.3 Å². The minimum atomic E-state index is 0.243. The first-order chi connectivity index (χ1) is 11.3. The van der Waals surface area contributed by atoms with E-state index in [0.29, 0.717) is 6.42 Å². The zero-order valence-electron chi connectivity index (χ0n) is 13.1. The summed E-state index contributed by atoms with van der Waals surface area (Å²) in [6, 6.07) is 8.21. The third-order valence-electron chi connectivity index (χ3n) is 4.14. The van der Waals surface area contributed by atoms with E-state index in [9.17, 15) is 4.79 Å². The number of nitrogens with zero attached hydrogens (tertiary/aromatic N) is 3. The van der Waals surface area contributed by atoms with Gasteiger partial charge in [-0.05, 0) is 17.5 Å². The third-order valence-corrected chi connectivity index (χ3v) is 4.97. The van der Waals surface area contributed by atoms with Crippen LogP contribution in [0.15, 0.2) is 42.4 Å². The topological polar surface area (TPSA) is 36.4 Å². The Morgan fingerprint density at radius 2 is 2.13 bits per heavy atom. The lowest BCUT2D eigenvalue weighted by Crippen LogP contribution is -2.48. The van der Waals surface area contributed by atoms with E-state index in [2.05, 4.69) is 28.6 Å². The normalized spacial score (nSPS) is 14.8. The fourth-order valence-corrected chi connectivity index (χ4v) is 3.50. The van der Waals surface area contributed by atoms with E-state index in [-0.39, 0.29) is 5.91 Å². The first kappa shape index (κ1) is 15.7. The van der Waals surface area contributed by atoms with Crippen LogP contribution in [0.3, 0.4) is 0 Å². The molecule has 1 fully saturated rings. The second kappa shape index (κ2) is 7.42. The molecule has 0 spiro atoms. The number of hydrogen-bond donors (Lipinski definition) is 0. The molecule has 4 nitrogen and oxygen atoms in total. The van der Waals surface area contributed by atoms with Crippen molar-refractivity contribution in [2.75, 3.05) is 31.1 Å². The maximum Gasteiger partial charge on any atom is 0.223 e. The van der Waals surface area contributed by atoms with Crippen molar-refractivity contribution in [3.8, 4) is 0 Å². The molecule has 0 unspecified atom stereocenters. The zero-order valence-corrected chi connectivity index (χ0v) is 14.0. The van der Waals surface area contributed by atoms with Gasteiger partial charge in [0.2, 0.25) is 5.91 Å². The van der Waals surface area contributed by atoms with Crippen molar-refractivity contribution in [3.63, 3.8) is 0 Å². The molecule has 23 heavy (non-hydrogen) atoms. The molecule has 2 aromatic rings. The van der Waals surface area contributed by atoms with E-state index < -0.39 is 0 Å². The summed E-state index contributed by atoms with van der Waals surface area (Å²) in [5.41, 5.74) is 2.30. The molecule has 0 saturated carbocycles. The molecule has 1 amide bonds. The van der Waals surface area contributed by atoms with E-state index in [1.54, 1.807) is 11.3 Å². The van der Waals surface area contributed by atoms with Crippen molar-refractivity contribution >= 4 is 28.5 Å². The van der Waals surface area contributed by atoms with Crippen LogP contribution in [0.5, 0.6) is 0 Å². The molecule has 0 aliphatic carbocycles. The second-order valence-corrected chi connectivity index (χ2v) is 6.50. The van der Waals surface area contributed by atoms with Crippen LogP contribution in [0, 0.1) is 0 Å². The molecule has 120 valence electrons. The van der Waals surface area contributed by atoms with Crippen LogP contribution in [0.4, 0.5) is 5.13 Å². The third kappa shape index (κ3) is 3.99. The van der Waals surface area contributed by atoms with Crippen LogP contribution in [-0.4, -0.2) is 42.0 Å². The van der Waals surface area contributed by atoms with E-state index in [0.717, 1.165) is 43.3 Å². The highest BCUT2D eigenvalue weighted by Crippen LogP contribution is 2.19. The van der Waals surface area contributed by atoms with Crippen molar-refractivity contribution in [3.05, 3.63) is 53.5 Å². The van der Waals surface area contributed by atoms with Gasteiger partial charge >= 0.3 is 0 Å². The molecule has 0 radical (unpaired) electrons. The van der Waals surface area contributed by atoms with Gasteiger partial charge in [-0.1, -0.05) is 36.9 Å². The predicted octanol–water partition coefficient (Wildman–Crippen LogP) is 3.07. The second-order valence-electron chi connectivity index (χ2n) is 5.63. The highest BCUT2D eigenvalue weighted by molar-refractivity contribution is 7.13. The molecule has 5 heteroatoms. The molecular weight excluding hydrogens is 306 g/mol. The van der Waals surface area contributed by atoms with Crippen molar-refractivity contribution in [1.82, 2.24) is 9.88 Å². The molecule has 0 atom stereocenters. The lowest BCUT2D eigenvalue weighted by Gasteiger charge is -2.34. The Kier molecular flexibility index (Phi) is 5.08. The maximum absolute atomic E-state index is 12.4. The molecule has 1 aliphatic heterocycles. The number of hydrogen-bond acceptors (Lipinski definition) is 4. The van der Waals surface area contributed by atoms with Crippen molar-refractivity contribution in [2.45, 2.75) is 12.8 Å². The number of anilines is 1. The predicted molar refractivity (Wildman–Crippen MR) is 95.8 cm³/mol. The van der Waals surface area contributed by atoms with Crippen LogP contribution >= 0.6 is 11.3 Å². The summed E-state index contributed by atoms with van der Waals surface area (Å²) < 4.78 is 0. The number of benzene rings is 1. The first-order valence-electron chi connectivity index (χ1n) is 7.90. The van der Waals surface area contributed by atoms with Crippen LogP contribution in [-0.2, 0) is 11.2 Å². The molecule has 1 aromatic heterocycles. The number of amides is 1. The number of aryl methyl sites for hydroxylation is 1. The standard InChI is InChI=1S/C18H21N3OS/c1-2-15-4-3-5-16(14-15)6-7-17(22)20-9-11-21(12-10-20)18-19-8-13-23-18/h2-5,8,13-14H,1,6-7,9-12H2. The lowest BCUT2D eigenvalue weighted by molar-refractivity contribution is -0.131. The Morgan fingerprint density at radius 3 is 2.83 bits per heavy atom. The van der Waals surface area contributed by atoms with Crippen LogP contribution in [0.25, 0.3) is 6.08 Å². The Hall–Kier alpha value is -2.14. The van der Waals surface area contributed by atoms with Gasteiger partial charge in [0, 0.05) is 44.2 Å². The highest BCUT2D eigenvalue weighted by atomic mass is 32.1. The zero-order chi connectivity index (χ0) is 16.1. The Bertz CT molecular complexity index is 661. The molecule has 0 N–H and O–H groups in total. The lowest BCUT2D eigenvalue weighted by atomic mass is 10.1. The summed E-state index contributed by atoms with van der Waals surface area (Å²) in [4.78, 5) is 21.0. The number of carbonyl (C=O) groups excluding carboxylic acids is 1.